The summed E-state index contributed by atoms with van der Waals surface area (Å²) in [6.07, 6.45) is 4.18. The molecule has 1 aromatic heterocycles. The Kier molecular flexibility index (Phi) is 5.53. The summed E-state index contributed by atoms with van der Waals surface area (Å²) in [5.41, 5.74) is 2.50. The molecule has 1 atom stereocenters. The third-order valence-electron chi connectivity index (χ3n) is 5.37. The Labute approximate surface area is 160 Å². The normalized spacial score (nSPS) is 20.1. The first kappa shape index (κ1) is 18.2. The van der Waals surface area contributed by atoms with E-state index in [0.29, 0.717) is 18.3 Å². The monoisotopic (exact) mass is 370 g/mol. The number of hydrogen-bond acceptors (Lipinski definition) is 5. The van der Waals surface area contributed by atoms with E-state index in [0.717, 1.165) is 63.5 Å². The summed E-state index contributed by atoms with van der Waals surface area (Å²) in [6, 6.07) is 6.38. The van der Waals surface area contributed by atoms with E-state index in [9.17, 15) is 4.39 Å². The van der Waals surface area contributed by atoms with Crippen LogP contribution in [-0.4, -0.2) is 42.8 Å². The van der Waals surface area contributed by atoms with Crippen LogP contribution in [0, 0.1) is 18.7 Å². The second-order valence-electron chi connectivity index (χ2n) is 7.49. The lowest BCUT2D eigenvalue weighted by atomic mass is 9.98. The molecule has 3 heterocycles. The number of nitrogens with one attached hydrogen (secondary N) is 1. The number of aromatic nitrogens is 2. The highest BCUT2D eigenvalue weighted by atomic mass is 19.1. The summed E-state index contributed by atoms with van der Waals surface area (Å²) in [5, 5.41) is 3.46. The van der Waals surface area contributed by atoms with Gasteiger partial charge < -0.3 is 15.0 Å². The predicted octanol–water partition coefficient (Wildman–Crippen LogP) is 2.91. The molecule has 1 saturated heterocycles. The van der Waals surface area contributed by atoms with E-state index in [-0.39, 0.29) is 5.82 Å². The maximum absolute atomic E-state index is 13.3. The molecule has 2 aliphatic rings. The summed E-state index contributed by atoms with van der Waals surface area (Å²) in [7, 11) is 0. The van der Waals surface area contributed by atoms with Crippen molar-refractivity contribution in [2.24, 2.45) is 5.92 Å². The van der Waals surface area contributed by atoms with Crippen molar-refractivity contribution in [1.82, 2.24) is 15.3 Å². The molecular formula is C21H27FN4O. The van der Waals surface area contributed by atoms with Gasteiger partial charge in [-0.05, 0) is 44.9 Å². The second-order valence-corrected chi connectivity index (χ2v) is 7.49. The van der Waals surface area contributed by atoms with Gasteiger partial charge in [-0.1, -0.05) is 6.07 Å². The molecule has 1 fully saturated rings. The van der Waals surface area contributed by atoms with Gasteiger partial charge in [-0.25, -0.2) is 14.4 Å². The first-order valence-electron chi connectivity index (χ1n) is 9.89. The fourth-order valence-electron chi connectivity index (χ4n) is 4.07. The van der Waals surface area contributed by atoms with Crippen LogP contribution in [0.25, 0.3) is 0 Å². The number of aryl methyl sites for hydroxylation is 1. The molecule has 5 nitrogen and oxygen atoms in total. The lowest BCUT2D eigenvalue weighted by Gasteiger charge is -2.35. The van der Waals surface area contributed by atoms with Gasteiger partial charge in [0, 0.05) is 43.6 Å². The highest BCUT2D eigenvalue weighted by Crippen LogP contribution is 2.28. The Balaban J connectivity index is 1.47. The van der Waals surface area contributed by atoms with Gasteiger partial charge in [-0.2, -0.15) is 0 Å². The first-order chi connectivity index (χ1) is 13.2. The molecule has 6 heteroatoms. The molecule has 2 aromatic rings. The molecule has 144 valence electrons. The maximum Gasteiger partial charge on any atom is 0.135 e. The SMILES string of the molecule is Cc1nc2c(c(N3CCCC(COc4cccc(F)c4)C3)n1)CCNCC2. The average Bonchev–Trinajstić information content (AvgIpc) is 2.91. The molecular weight excluding hydrogens is 343 g/mol. The van der Waals surface area contributed by atoms with Gasteiger partial charge in [0.1, 0.15) is 23.2 Å². The zero-order valence-corrected chi connectivity index (χ0v) is 15.9. The number of ether oxygens (including phenoxy) is 1. The summed E-state index contributed by atoms with van der Waals surface area (Å²) in [6.45, 7) is 6.49. The topological polar surface area (TPSA) is 50.3 Å². The highest BCUT2D eigenvalue weighted by molar-refractivity contribution is 5.50. The Hall–Kier alpha value is -2.21. The molecule has 0 radical (unpaired) electrons. The van der Waals surface area contributed by atoms with Crippen LogP contribution in [0.3, 0.4) is 0 Å². The van der Waals surface area contributed by atoms with Crippen molar-refractivity contribution < 1.29 is 9.13 Å². The van der Waals surface area contributed by atoms with E-state index < -0.39 is 0 Å². The standard InChI is InChI=1S/C21H27FN4O/c1-15-24-20-8-10-23-9-7-19(20)21(25-15)26-11-3-4-16(13-26)14-27-18-6-2-5-17(22)12-18/h2,5-6,12,16,23H,3-4,7-11,13-14H2,1H3. The van der Waals surface area contributed by atoms with Gasteiger partial charge in [0.25, 0.3) is 0 Å². The number of piperidine rings is 1. The van der Waals surface area contributed by atoms with E-state index in [4.69, 9.17) is 14.7 Å². The summed E-state index contributed by atoms with van der Waals surface area (Å²) in [4.78, 5) is 11.9. The fourth-order valence-corrected chi connectivity index (χ4v) is 4.07. The first-order valence-corrected chi connectivity index (χ1v) is 9.89. The van der Waals surface area contributed by atoms with E-state index >= 15 is 0 Å². The zero-order chi connectivity index (χ0) is 18.6. The summed E-state index contributed by atoms with van der Waals surface area (Å²) in [5.74, 6) is 2.72. The van der Waals surface area contributed by atoms with Gasteiger partial charge in [0.15, 0.2) is 0 Å². The van der Waals surface area contributed by atoms with Gasteiger partial charge in [-0.15, -0.1) is 0 Å². The van der Waals surface area contributed by atoms with Gasteiger partial charge in [0.05, 0.1) is 12.3 Å². The minimum atomic E-state index is -0.259. The average molecular weight is 370 g/mol. The molecule has 0 bridgehead atoms. The molecule has 2 aliphatic heterocycles. The maximum atomic E-state index is 13.3. The van der Waals surface area contributed by atoms with E-state index in [1.165, 1.54) is 23.4 Å². The number of halogens is 1. The molecule has 1 N–H and O–H groups in total. The quantitative estimate of drug-likeness (QED) is 0.897. The third kappa shape index (κ3) is 4.38. The van der Waals surface area contributed by atoms with Crippen LogP contribution < -0.4 is 15.0 Å². The molecule has 4 rings (SSSR count). The van der Waals surface area contributed by atoms with Crippen molar-refractivity contribution in [2.75, 3.05) is 37.7 Å². The minimum absolute atomic E-state index is 0.259. The Morgan fingerprint density at radius 1 is 1.26 bits per heavy atom. The van der Waals surface area contributed by atoms with Crippen molar-refractivity contribution in [3.05, 3.63) is 47.2 Å². The van der Waals surface area contributed by atoms with Crippen LogP contribution in [0.2, 0.25) is 0 Å². The molecule has 1 aromatic carbocycles. The van der Waals surface area contributed by atoms with Gasteiger partial charge >= 0.3 is 0 Å². The third-order valence-corrected chi connectivity index (χ3v) is 5.37. The fraction of sp³-hybridized carbons (Fsp3) is 0.524. The Morgan fingerprint density at radius 2 is 2.15 bits per heavy atom. The smallest absolute Gasteiger partial charge is 0.135 e. The molecule has 0 aliphatic carbocycles. The molecule has 27 heavy (non-hydrogen) atoms. The summed E-state index contributed by atoms with van der Waals surface area (Å²) >= 11 is 0. The van der Waals surface area contributed by atoms with Crippen molar-refractivity contribution in [3.63, 3.8) is 0 Å². The Morgan fingerprint density at radius 3 is 3.04 bits per heavy atom. The molecule has 0 spiro atoms. The van der Waals surface area contributed by atoms with Crippen LogP contribution in [-0.2, 0) is 12.8 Å². The van der Waals surface area contributed by atoms with E-state index in [1.54, 1.807) is 6.07 Å². The zero-order valence-electron chi connectivity index (χ0n) is 15.9. The minimum Gasteiger partial charge on any atom is -0.493 e. The largest absolute Gasteiger partial charge is 0.493 e. The lowest BCUT2D eigenvalue weighted by molar-refractivity contribution is 0.227. The molecule has 0 saturated carbocycles. The van der Waals surface area contributed by atoms with Crippen LogP contribution in [0.4, 0.5) is 10.2 Å². The summed E-state index contributed by atoms with van der Waals surface area (Å²) < 4.78 is 19.2. The number of hydrogen-bond donors (Lipinski definition) is 1. The lowest BCUT2D eigenvalue weighted by Crippen LogP contribution is -2.39. The van der Waals surface area contributed by atoms with Crippen LogP contribution in [0.15, 0.2) is 24.3 Å². The van der Waals surface area contributed by atoms with Crippen molar-refractivity contribution >= 4 is 5.82 Å². The van der Waals surface area contributed by atoms with Crippen molar-refractivity contribution in [3.8, 4) is 5.75 Å². The number of nitrogens with zero attached hydrogens (tertiary/aromatic N) is 3. The second kappa shape index (κ2) is 8.21. The molecule has 0 amide bonds. The highest BCUT2D eigenvalue weighted by Gasteiger charge is 2.25. The number of fused-ring (bicyclic) bond motifs is 1. The number of benzene rings is 1. The Bertz CT molecular complexity index is 798. The number of anilines is 1. The van der Waals surface area contributed by atoms with Crippen LogP contribution >= 0.6 is 0 Å². The van der Waals surface area contributed by atoms with E-state index in [2.05, 4.69) is 10.2 Å². The van der Waals surface area contributed by atoms with Crippen LogP contribution in [0.1, 0.15) is 29.9 Å². The molecule has 1 unspecified atom stereocenters. The van der Waals surface area contributed by atoms with Gasteiger partial charge in [-0.3, -0.25) is 0 Å². The van der Waals surface area contributed by atoms with Crippen molar-refractivity contribution in [2.45, 2.75) is 32.6 Å². The van der Waals surface area contributed by atoms with E-state index in [1.807, 2.05) is 13.0 Å². The predicted molar refractivity (Wildman–Crippen MR) is 104 cm³/mol. The van der Waals surface area contributed by atoms with Gasteiger partial charge in [0.2, 0.25) is 0 Å². The number of rotatable bonds is 4. The van der Waals surface area contributed by atoms with Crippen molar-refractivity contribution in [1.29, 1.82) is 0 Å². The van der Waals surface area contributed by atoms with Crippen LogP contribution in [0.5, 0.6) is 5.75 Å².